The molecule has 0 aliphatic heterocycles. The fourth-order valence-electron chi connectivity index (χ4n) is 1.77. The zero-order valence-electron chi connectivity index (χ0n) is 11.1. The zero-order chi connectivity index (χ0) is 14.9. The number of sulfone groups is 1. The molecule has 2 rings (SSSR count). The van der Waals surface area contributed by atoms with Crippen LogP contribution in [0.15, 0.2) is 45.8 Å². The Morgan fingerprint density at radius 2 is 1.80 bits per heavy atom. The van der Waals surface area contributed by atoms with E-state index in [1.54, 1.807) is 6.07 Å². The summed E-state index contributed by atoms with van der Waals surface area (Å²) in [6.45, 7) is 1.99. The lowest BCUT2D eigenvalue weighted by Crippen LogP contribution is -2.02. The van der Waals surface area contributed by atoms with E-state index in [1.807, 2.05) is 25.1 Å². The van der Waals surface area contributed by atoms with Crippen LogP contribution in [0.1, 0.15) is 5.56 Å². The summed E-state index contributed by atoms with van der Waals surface area (Å²) in [5, 5.41) is 3.19. The molecule has 4 nitrogen and oxygen atoms in total. The van der Waals surface area contributed by atoms with Crippen LogP contribution >= 0.6 is 15.9 Å². The number of rotatable bonds is 3. The van der Waals surface area contributed by atoms with Crippen molar-refractivity contribution in [1.29, 1.82) is 0 Å². The van der Waals surface area contributed by atoms with Gasteiger partial charge in [0.15, 0.2) is 9.84 Å². The van der Waals surface area contributed by atoms with Gasteiger partial charge in [-0.25, -0.2) is 8.42 Å². The number of anilines is 3. The van der Waals surface area contributed by atoms with Crippen LogP contribution in [0.25, 0.3) is 0 Å². The van der Waals surface area contributed by atoms with Gasteiger partial charge in [-0.1, -0.05) is 6.07 Å². The third kappa shape index (κ3) is 3.32. The average molecular weight is 355 g/mol. The number of aryl methyl sites for hydroxylation is 1. The quantitative estimate of drug-likeness (QED) is 0.827. The minimum absolute atomic E-state index is 0.212. The fraction of sp³-hybridized carbons (Fsp3) is 0.143. The van der Waals surface area contributed by atoms with Crippen molar-refractivity contribution in [3.05, 3.63) is 46.4 Å². The molecule has 0 heterocycles. The van der Waals surface area contributed by atoms with E-state index in [1.165, 1.54) is 12.1 Å². The number of nitrogens with two attached hydrogens (primary N) is 1. The normalized spacial score (nSPS) is 11.3. The summed E-state index contributed by atoms with van der Waals surface area (Å²) in [5.74, 6) is 0. The van der Waals surface area contributed by atoms with E-state index in [0.29, 0.717) is 11.4 Å². The van der Waals surface area contributed by atoms with E-state index in [0.717, 1.165) is 22.0 Å². The van der Waals surface area contributed by atoms with Gasteiger partial charge in [0.1, 0.15) is 0 Å². The van der Waals surface area contributed by atoms with Gasteiger partial charge in [0, 0.05) is 10.7 Å². The predicted molar refractivity (Wildman–Crippen MR) is 86.1 cm³/mol. The molecule has 0 aliphatic rings. The summed E-state index contributed by atoms with van der Waals surface area (Å²) in [6.07, 6.45) is 1.16. The molecular formula is C14H15BrN2O2S. The highest BCUT2D eigenvalue weighted by Gasteiger charge is 2.10. The van der Waals surface area contributed by atoms with Crippen molar-refractivity contribution in [3.8, 4) is 0 Å². The molecule has 20 heavy (non-hydrogen) atoms. The molecule has 0 radical (unpaired) electrons. The molecule has 0 atom stereocenters. The average Bonchev–Trinajstić information content (AvgIpc) is 2.35. The van der Waals surface area contributed by atoms with Gasteiger partial charge < -0.3 is 11.1 Å². The predicted octanol–water partition coefficient (Wildman–Crippen LogP) is 3.49. The number of nitrogen functional groups attached to an aromatic ring is 1. The molecule has 106 valence electrons. The summed E-state index contributed by atoms with van der Waals surface area (Å²) in [6, 6.07) is 10.6. The van der Waals surface area contributed by atoms with Crippen LogP contribution in [0.5, 0.6) is 0 Å². The van der Waals surface area contributed by atoms with Crippen molar-refractivity contribution >= 4 is 42.8 Å². The molecule has 2 aromatic rings. The summed E-state index contributed by atoms with van der Waals surface area (Å²) in [5.41, 5.74) is 8.96. The first-order valence-corrected chi connectivity index (χ1v) is 8.58. The van der Waals surface area contributed by atoms with Gasteiger partial charge in [0.2, 0.25) is 0 Å². The second-order valence-corrected chi connectivity index (χ2v) is 7.50. The standard InChI is InChI=1S/C14H15BrN2O2S/c1-9-3-5-11(15)14(7-9)17-13-6-4-10(8-12(13)16)20(2,18)19/h3-8,17H,16H2,1-2H3. The topological polar surface area (TPSA) is 72.2 Å². The van der Waals surface area contributed by atoms with Crippen molar-refractivity contribution in [2.45, 2.75) is 11.8 Å². The molecule has 0 saturated carbocycles. The summed E-state index contributed by atoms with van der Waals surface area (Å²) in [4.78, 5) is 0.212. The van der Waals surface area contributed by atoms with Crippen molar-refractivity contribution in [2.24, 2.45) is 0 Å². The summed E-state index contributed by atoms with van der Waals surface area (Å²) < 4.78 is 23.9. The smallest absolute Gasteiger partial charge is 0.175 e. The summed E-state index contributed by atoms with van der Waals surface area (Å²) in [7, 11) is -3.25. The molecule has 3 N–H and O–H groups in total. The van der Waals surface area contributed by atoms with Crippen LogP contribution in [0.4, 0.5) is 17.1 Å². The van der Waals surface area contributed by atoms with Crippen LogP contribution < -0.4 is 11.1 Å². The Balaban J connectivity index is 2.38. The van der Waals surface area contributed by atoms with E-state index >= 15 is 0 Å². The van der Waals surface area contributed by atoms with Crippen LogP contribution in [0.2, 0.25) is 0 Å². The Labute approximate surface area is 127 Å². The molecule has 0 unspecified atom stereocenters. The Bertz CT molecular complexity index is 758. The Morgan fingerprint density at radius 3 is 2.40 bits per heavy atom. The first kappa shape index (κ1) is 14.9. The van der Waals surface area contributed by atoms with Crippen molar-refractivity contribution in [3.63, 3.8) is 0 Å². The van der Waals surface area contributed by atoms with Crippen LogP contribution in [-0.2, 0) is 9.84 Å². The molecule has 0 bridgehead atoms. The van der Waals surface area contributed by atoms with Crippen molar-refractivity contribution < 1.29 is 8.42 Å². The lowest BCUT2D eigenvalue weighted by Gasteiger charge is -2.12. The molecular weight excluding hydrogens is 340 g/mol. The number of benzene rings is 2. The van der Waals surface area contributed by atoms with Gasteiger partial charge in [0.05, 0.1) is 22.0 Å². The molecule has 0 aromatic heterocycles. The summed E-state index contributed by atoms with van der Waals surface area (Å²) >= 11 is 3.46. The lowest BCUT2D eigenvalue weighted by molar-refractivity contribution is 0.602. The Hall–Kier alpha value is -1.53. The highest BCUT2D eigenvalue weighted by atomic mass is 79.9. The SMILES string of the molecule is Cc1ccc(Br)c(Nc2ccc(S(C)(=O)=O)cc2N)c1. The van der Waals surface area contributed by atoms with E-state index in [9.17, 15) is 8.42 Å². The van der Waals surface area contributed by atoms with Gasteiger partial charge in [-0.2, -0.15) is 0 Å². The molecule has 6 heteroatoms. The van der Waals surface area contributed by atoms with Crippen LogP contribution in [-0.4, -0.2) is 14.7 Å². The Kier molecular flexibility index (Phi) is 4.06. The number of hydrogen-bond acceptors (Lipinski definition) is 4. The van der Waals surface area contributed by atoms with Gasteiger partial charge in [-0.15, -0.1) is 0 Å². The van der Waals surface area contributed by atoms with Crippen molar-refractivity contribution in [1.82, 2.24) is 0 Å². The third-order valence-electron chi connectivity index (χ3n) is 2.84. The molecule has 0 amide bonds. The second-order valence-electron chi connectivity index (χ2n) is 4.63. The van der Waals surface area contributed by atoms with E-state index < -0.39 is 9.84 Å². The number of hydrogen-bond donors (Lipinski definition) is 2. The van der Waals surface area contributed by atoms with Crippen LogP contribution in [0.3, 0.4) is 0 Å². The minimum Gasteiger partial charge on any atom is -0.397 e. The zero-order valence-corrected chi connectivity index (χ0v) is 13.5. The van der Waals surface area contributed by atoms with Crippen LogP contribution in [0, 0.1) is 6.92 Å². The highest BCUT2D eigenvalue weighted by molar-refractivity contribution is 9.10. The number of nitrogens with one attached hydrogen (secondary N) is 1. The molecule has 0 fully saturated rings. The van der Waals surface area contributed by atoms with E-state index in [4.69, 9.17) is 5.73 Å². The number of halogens is 1. The fourth-order valence-corrected chi connectivity index (χ4v) is 2.77. The van der Waals surface area contributed by atoms with E-state index in [-0.39, 0.29) is 4.90 Å². The Morgan fingerprint density at radius 1 is 1.10 bits per heavy atom. The monoisotopic (exact) mass is 354 g/mol. The molecule has 0 spiro atoms. The van der Waals surface area contributed by atoms with Crippen molar-refractivity contribution in [2.75, 3.05) is 17.3 Å². The molecule has 2 aromatic carbocycles. The van der Waals surface area contributed by atoms with Gasteiger partial charge in [-0.3, -0.25) is 0 Å². The van der Waals surface area contributed by atoms with Gasteiger partial charge in [-0.05, 0) is 58.7 Å². The largest absolute Gasteiger partial charge is 0.397 e. The van der Waals surface area contributed by atoms with Gasteiger partial charge in [0.25, 0.3) is 0 Å². The third-order valence-corrected chi connectivity index (χ3v) is 4.64. The maximum atomic E-state index is 11.5. The highest BCUT2D eigenvalue weighted by Crippen LogP contribution is 2.30. The second kappa shape index (κ2) is 5.46. The maximum Gasteiger partial charge on any atom is 0.175 e. The van der Waals surface area contributed by atoms with Gasteiger partial charge >= 0.3 is 0 Å². The molecule has 0 saturated heterocycles. The maximum absolute atomic E-state index is 11.5. The molecule has 0 aliphatic carbocycles. The minimum atomic E-state index is -3.25. The first-order chi connectivity index (χ1) is 9.27. The van der Waals surface area contributed by atoms with E-state index in [2.05, 4.69) is 21.2 Å². The first-order valence-electron chi connectivity index (χ1n) is 5.90. The lowest BCUT2D eigenvalue weighted by atomic mass is 10.2.